The van der Waals surface area contributed by atoms with Gasteiger partial charge in [0.15, 0.2) is 0 Å². The van der Waals surface area contributed by atoms with Crippen molar-refractivity contribution in [3.8, 4) is 0 Å². The molecule has 25 heavy (non-hydrogen) atoms. The number of para-hydroxylation sites is 2. The molecule has 0 spiro atoms. The summed E-state index contributed by atoms with van der Waals surface area (Å²) in [7, 11) is 0. The van der Waals surface area contributed by atoms with E-state index in [1.807, 2.05) is 18.2 Å². The van der Waals surface area contributed by atoms with E-state index in [0.717, 1.165) is 36.1 Å². The first-order chi connectivity index (χ1) is 12.3. The Bertz CT molecular complexity index is 792. The number of anilines is 2. The number of rotatable bonds is 3. The predicted octanol–water partition coefficient (Wildman–Crippen LogP) is 4.06. The normalized spacial score (nSPS) is 24.4. The van der Waals surface area contributed by atoms with E-state index in [4.69, 9.17) is 4.74 Å². The van der Waals surface area contributed by atoms with Crippen LogP contribution >= 0.6 is 11.3 Å². The summed E-state index contributed by atoms with van der Waals surface area (Å²) in [5.74, 6) is 0.828. The zero-order valence-corrected chi connectivity index (χ0v) is 15.0. The van der Waals surface area contributed by atoms with Gasteiger partial charge in [0.25, 0.3) is 5.91 Å². The number of hydrogen-bond acceptors (Lipinski definition) is 4. The van der Waals surface area contributed by atoms with Crippen LogP contribution in [0, 0.1) is 5.92 Å². The van der Waals surface area contributed by atoms with Crippen molar-refractivity contribution in [2.45, 2.75) is 38.3 Å². The van der Waals surface area contributed by atoms with E-state index < -0.39 is 0 Å². The summed E-state index contributed by atoms with van der Waals surface area (Å²) in [5.41, 5.74) is 3.28. The summed E-state index contributed by atoms with van der Waals surface area (Å²) in [6.07, 6.45) is 4.86. The Morgan fingerprint density at radius 1 is 1.28 bits per heavy atom. The van der Waals surface area contributed by atoms with Crippen molar-refractivity contribution in [3.05, 3.63) is 45.6 Å². The lowest BCUT2D eigenvalue weighted by Crippen LogP contribution is -2.32. The molecule has 2 atom stereocenters. The predicted molar refractivity (Wildman–Crippen MR) is 101 cm³/mol. The van der Waals surface area contributed by atoms with Crippen LogP contribution in [-0.2, 0) is 17.8 Å². The molecular weight excluding hydrogens is 332 g/mol. The summed E-state index contributed by atoms with van der Waals surface area (Å²) in [6, 6.07) is 10.9. The van der Waals surface area contributed by atoms with Gasteiger partial charge in [0, 0.05) is 23.9 Å². The third-order valence-electron chi connectivity index (χ3n) is 5.72. The lowest BCUT2D eigenvalue weighted by Gasteiger charge is -2.30. The molecule has 1 aromatic carbocycles. The average molecular weight is 354 g/mol. The van der Waals surface area contributed by atoms with Crippen LogP contribution in [0.1, 0.15) is 39.4 Å². The molecule has 5 heteroatoms. The Morgan fingerprint density at radius 3 is 3.00 bits per heavy atom. The third-order valence-corrected chi connectivity index (χ3v) is 6.96. The second-order valence-electron chi connectivity index (χ2n) is 7.32. The van der Waals surface area contributed by atoms with E-state index in [1.165, 1.54) is 35.4 Å². The van der Waals surface area contributed by atoms with Gasteiger partial charge < -0.3 is 15.0 Å². The minimum atomic E-state index is -0.00351. The number of thiophene rings is 1. The van der Waals surface area contributed by atoms with Gasteiger partial charge >= 0.3 is 0 Å². The fourth-order valence-corrected chi connectivity index (χ4v) is 5.54. The van der Waals surface area contributed by atoms with Crippen LogP contribution in [0.5, 0.6) is 0 Å². The smallest absolute Gasteiger partial charge is 0.265 e. The molecule has 2 fully saturated rings. The highest BCUT2D eigenvalue weighted by atomic mass is 32.1. The van der Waals surface area contributed by atoms with Crippen LogP contribution in [0.3, 0.4) is 0 Å². The maximum atomic E-state index is 12.8. The van der Waals surface area contributed by atoms with Gasteiger partial charge in [-0.2, -0.15) is 0 Å². The van der Waals surface area contributed by atoms with Gasteiger partial charge in [0.05, 0.1) is 29.5 Å². The molecule has 0 radical (unpaired) electrons. The van der Waals surface area contributed by atoms with E-state index in [2.05, 4.69) is 22.3 Å². The summed E-state index contributed by atoms with van der Waals surface area (Å²) < 4.78 is 5.49. The van der Waals surface area contributed by atoms with Crippen molar-refractivity contribution in [2.24, 2.45) is 5.92 Å². The second-order valence-corrected chi connectivity index (χ2v) is 8.45. The number of fused-ring (bicyclic) bond motifs is 3. The first-order valence-electron chi connectivity index (χ1n) is 9.14. The Morgan fingerprint density at radius 2 is 2.20 bits per heavy atom. The zero-order chi connectivity index (χ0) is 16.8. The quantitative estimate of drug-likeness (QED) is 0.904. The van der Waals surface area contributed by atoms with E-state index >= 15 is 0 Å². The van der Waals surface area contributed by atoms with Crippen LogP contribution in [0.15, 0.2) is 30.3 Å². The van der Waals surface area contributed by atoms with Crippen molar-refractivity contribution in [1.82, 2.24) is 0 Å². The van der Waals surface area contributed by atoms with E-state index in [-0.39, 0.29) is 5.91 Å². The highest BCUT2D eigenvalue weighted by Gasteiger charge is 2.38. The molecule has 3 heterocycles. The number of benzene rings is 1. The number of carbonyl (C=O) groups is 1. The molecule has 1 N–H and O–H groups in total. The van der Waals surface area contributed by atoms with Crippen molar-refractivity contribution in [3.63, 3.8) is 0 Å². The average Bonchev–Trinajstić information content (AvgIpc) is 3.37. The highest BCUT2D eigenvalue weighted by molar-refractivity contribution is 7.14. The molecule has 1 saturated carbocycles. The minimum absolute atomic E-state index is 0.00351. The lowest BCUT2D eigenvalue weighted by atomic mass is 10.1. The number of hydrogen-bond donors (Lipinski definition) is 1. The van der Waals surface area contributed by atoms with Crippen molar-refractivity contribution < 1.29 is 9.53 Å². The van der Waals surface area contributed by atoms with Gasteiger partial charge in [-0.3, -0.25) is 4.79 Å². The topological polar surface area (TPSA) is 41.6 Å². The lowest BCUT2D eigenvalue weighted by molar-refractivity contribution is 0.102. The van der Waals surface area contributed by atoms with Gasteiger partial charge in [-0.1, -0.05) is 12.1 Å². The highest BCUT2D eigenvalue weighted by Crippen LogP contribution is 2.42. The molecule has 1 saturated heterocycles. The molecule has 2 aliphatic heterocycles. The third kappa shape index (κ3) is 2.75. The first kappa shape index (κ1) is 15.4. The molecule has 2 unspecified atom stereocenters. The number of carbonyl (C=O) groups excluding carboxylic acids is 1. The van der Waals surface area contributed by atoms with Gasteiger partial charge in [0.1, 0.15) is 0 Å². The van der Waals surface area contributed by atoms with Gasteiger partial charge in [-0.25, -0.2) is 0 Å². The molecule has 1 amide bonds. The molecule has 1 aliphatic carbocycles. The molecule has 5 rings (SSSR count). The number of piperidine rings is 1. The molecule has 1 aromatic heterocycles. The van der Waals surface area contributed by atoms with Gasteiger partial charge in [-0.05, 0) is 48.9 Å². The Hall–Kier alpha value is -1.85. The van der Waals surface area contributed by atoms with Crippen LogP contribution in [0.25, 0.3) is 0 Å². The van der Waals surface area contributed by atoms with E-state index in [1.54, 1.807) is 11.3 Å². The molecule has 2 aromatic rings. The fourth-order valence-electron chi connectivity index (χ4n) is 4.49. The number of amides is 1. The van der Waals surface area contributed by atoms with E-state index in [0.29, 0.717) is 12.6 Å². The standard InChI is InChI=1S/C20H22N2O2S/c23-20(19-10-14-12-24-8-7-18(14)25-19)21-16-3-1-2-4-17(16)22-11-13-5-6-15(22)9-13/h1-4,10,13,15H,5-9,11-12H2,(H,21,23). The molecule has 4 nitrogen and oxygen atoms in total. The fraction of sp³-hybridized carbons (Fsp3) is 0.450. The number of ether oxygens (including phenoxy) is 1. The minimum Gasteiger partial charge on any atom is -0.376 e. The first-order valence-corrected chi connectivity index (χ1v) is 9.96. The summed E-state index contributed by atoms with van der Waals surface area (Å²) >= 11 is 1.61. The van der Waals surface area contributed by atoms with Crippen molar-refractivity contribution >= 4 is 28.6 Å². The van der Waals surface area contributed by atoms with Crippen LogP contribution in [0.4, 0.5) is 11.4 Å². The molecule has 2 bridgehead atoms. The van der Waals surface area contributed by atoms with E-state index in [9.17, 15) is 4.79 Å². The van der Waals surface area contributed by atoms with Crippen LogP contribution in [-0.4, -0.2) is 25.1 Å². The Labute approximate surface area is 151 Å². The van der Waals surface area contributed by atoms with Crippen molar-refractivity contribution in [2.75, 3.05) is 23.4 Å². The maximum Gasteiger partial charge on any atom is 0.265 e. The van der Waals surface area contributed by atoms with Gasteiger partial charge in [-0.15, -0.1) is 11.3 Å². The molecular formula is C20H22N2O2S. The Balaban J connectivity index is 1.39. The largest absolute Gasteiger partial charge is 0.376 e. The monoisotopic (exact) mass is 354 g/mol. The maximum absolute atomic E-state index is 12.8. The SMILES string of the molecule is O=C(Nc1ccccc1N1CC2CCC1C2)c1cc2c(s1)CCOC2. The van der Waals surface area contributed by atoms with Crippen LogP contribution < -0.4 is 10.2 Å². The zero-order valence-electron chi connectivity index (χ0n) is 14.2. The summed E-state index contributed by atoms with van der Waals surface area (Å²) in [4.78, 5) is 17.4. The molecule has 3 aliphatic rings. The number of nitrogens with zero attached hydrogens (tertiary/aromatic N) is 1. The van der Waals surface area contributed by atoms with Gasteiger partial charge in [0.2, 0.25) is 0 Å². The number of nitrogens with one attached hydrogen (secondary N) is 1. The van der Waals surface area contributed by atoms with Crippen molar-refractivity contribution in [1.29, 1.82) is 0 Å². The second kappa shape index (κ2) is 6.15. The Kier molecular flexibility index (Phi) is 3.79. The summed E-state index contributed by atoms with van der Waals surface area (Å²) in [6.45, 7) is 2.52. The summed E-state index contributed by atoms with van der Waals surface area (Å²) in [5, 5.41) is 3.16. The molecule has 130 valence electrons. The van der Waals surface area contributed by atoms with Crippen LogP contribution in [0.2, 0.25) is 0 Å².